The number of esters is 1. The standard InChI is InChI=1S/C25H25ClN2O5S/c1-4-18-7-10-20(11-8-18)28(34(31,32)21-12-5-17(2)6-13-21)16-24(29)27-19-9-14-23(26)22(15-19)25(30)33-3/h5-15H,4,16H2,1-3H3,(H,27,29). The molecule has 0 fully saturated rings. The van der Waals surface area contributed by atoms with Crippen molar-refractivity contribution in [2.24, 2.45) is 0 Å². The minimum Gasteiger partial charge on any atom is -0.465 e. The van der Waals surface area contributed by atoms with Crippen LogP contribution < -0.4 is 9.62 Å². The zero-order chi connectivity index (χ0) is 24.9. The Morgan fingerprint density at radius 1 is 1.00 bits per heavy atom. The third-order valence-electron chi connectivity index (χ3n) is 5.18. The van der Waals surface area contributed by atoms with E-state index in [9.17, 15) is 18.0 Å². The molecule has 0 spiro atoms. The fourth-order valence-corrected chi connectivity index (χ4v) is 4.87. The van der Waals surface area contributed by atoms with Gasteiger partial charge in [-0.1, -0.05) is 48.4 Å². The molecule has 178 valence electrons. The van der Waals surface area contributed by atoms with Gasteiger partial charge in [0, 0.05) is 5.69 Å². The Kier molecular flexibility index (Phi) is 7.96. The largest absolute Gasteiger partial charge is 0.465 e. The van der Waals surface area contributed by atoms with Crippen molar-refractivity contribution in [1.82, 2.24) is 0 Å². The van der Waals surface area contributed by atoms with Gasteiger partial charge in [-0.2, -0.15) is 0 Å². The van der Waals surface area contributed by atoms with Crippen LogP contribution in [0, 0.1) is 6.92 Å². The third-order valence-corrected chi connectivity index (χ3v) is 7.30. The summed E-state index contributed by atoms with van der Waals surface area (Å²) >= 11 is 6.03. The van der Waals surface area contributed by atoms with Gasteiger partial charge in [-0.05, 0) is 61.4 Å². The average molecular weight is 501 g/mol. The number of hydrogen-bond acceptors (Lipinski definition) is 5. The van der Waals surface area contributed by atoms with Crippen LogP contribution in [-0.2, 0) is 26.0 Å². The molecule has 0 atom stereocenters. The first kappa shape index (κ1) is 25.3. The normalized spacial score (nSPS) is 11.1. The number of sulfonamides is 1. The van der Waals surface area contributed by atoms with Crippen LogP contribution in [-0.4, -0.2) is 33.9 Å². The van der Waals surface area contributed by atoms with Crippen molar-refractivity contribution >= 4 is 44.9 Å². The molecule has 34 heavy (non-hydrogen) atoms. The molecule has 0 unspecified atom stereocenters. The number of carbonyl (C=O) groups excluding carboxylic acids is 2. The number of hydrogen-bond donors (Lipinski definition) is 1. The molecule has 0 bridgehead atoms. The maximum absolute atomic E-state index is 13.5. The molecular weight excluding hydrogens is 476 g/mol. The van der Waals surface area contributed by atoms with Gasteiger partial charge in [0.25, 0.3) is 10.0 Å². The summed E-state index contributed by atoms with van der Waals surface area (Å²) in [5.41, 5.74) is 2.68. The highest BCUT2D eigenvalue weighted by molar-refractivity contribution is 7.92. The molecule has 0 aliphatic carbocycles. The molecule has 3 aromatic carbocycles. The number of halogens is 1. The van der Waals surface area contributed by atoms with Gasteiger partial charge in [0.05, 0.1) is 28.3 Å². The highest BCUT2D eigenvalue weighted by Gasteiger charge is 2.27. The van der Waals surface area contributed by atoms with Crippen molar-refractivity contribution in [3.63, 3.8) is 0 Å². The van der Waals surface area contributed by atoms with Gasteiger partial charge >= 0.3 is 5.97 Å². The maximum Gasteiger partial charge on any atom is 0.339 e. The second-order valence-electron chi connectivity index (χ2n) is 7.58. The van der Waals surface area contributed by atoms with Crippen LogP contribution in [0.2, 0.25) is 5.02 Å². The first-order valence-corrected chi connectivity index (χ1v) is 12.3. The number of nitrogens with zero attached hydrogens (tertiary/aromatic N) is 1. The van der Waals surface area contributed by atoms with Crippen LogP contribution >= 0.6 is 11.6 Å². The smallest absolute Gasteiger partial charge is 0.339 e. The fraction of sp³-hybridized carbons (Fsp3) is 0.200. The Morgan fingerprint density at radius 2 is 1.65 bits per heavy atom. The number of benzene rings is 3. The summed E-state index contributed by atoms with van der Waals surface area (Å²) in [4.78, 5) is 24.9. The van der Waals surface area contributed by atoms with Gasteiger partial charge in [0.1, 0.15) is 6.54 Å². The van der Waals surface area contributed by atoms with Gasteiger partial charge in [-0.25, -0.2) is 13.2 Å². The van der Waals surface area contributed by atoms with Gasteiger partial charge in [0.15, 0.2) is 0 Å². The molecule has 9 heteroatoms. The van der Waals surface area contributed by atoms with Crippen LogP contribution in [0.25, 0.3) is 0 Å². The summed E-state index contributed by atoms with van der Waals surface area (Å²) in [6, 6.07) is 17.8. The van der Waals surface area contributed by atoms with E-state index in [0.717, 1.165) is 21.9 Å². The molecule has 0 aliphatic heterocycles. The fourth-order valence-electron chi connectivity index (χ4n) is 3.25. The second kappa shape index (κ2) is 10.7. The van der Waals surface area contributed by atoms with Crippen molar-refractivity contribution in [3.8, 4) is 0 Å². The zero-order valence-electron chi connectivity index (χ0n) is 19.0. The van der Waals surface area contributed by atoms with Crippen LogP contribution in [0.5, 0.6) is 0 Å². The summed E-state index contributed by atoms with van der Waals surface area (Å²) in [5, 5.41) is 2.80. The Morgan fingerprint density at radius 3 is 2.24 bits per heavy atom. The molecule has 0 saturated heterocycles. The van der Waals surface area contributed by atoms with E-state index in [1.807, 2.05) is 26.0 Å². The Labute approximate surface area is 204 Å². The number of rotatable bonds is 8. The lowest BCUT2D eigenvalue weighted by Crippen LogP contribution is -2.38. The summed E-state index contributed by atoms with van der Waals surface area (Å²) in [6.45, 7) is 3.38. The number of methoxy groups -OCH3 is 1. The quantitative estimate of drug-likeness (QED) is 0.447. The lowest BCUT2D eigenvalue weighted by molar-refractivity contribution is -0.114. The molecule has 1 N–H and O–H groups in total. The van der Waals surface area contributed by atoms with E-state index >= 15 is 0 Å². The third kappa shape index (κ3) is 5.76. The van der Waals surface area contributed by atoms with E-state index < -0.39 is 28.4 Å². The number of ether oxygens (including phenoxy) is 1. The highest BCUT2D eigenvalue weighted by Crippen LogP contribution is 2.26. The Bertz CT molecular complexity index is 1290. The molecule has 1 amide bonds. The first-order valence-electron chi connectivity index (χ1n) is 10.5. The number of aryl methyl sites for hydroxylation is 2. The molecule has 0 aromatic heterocycles. The van der Waals surface area contributed by atoms with E-state index in [1.54, 1.807) is 24.3 Å². The average Bonchev–Trinajstić information content (AvgIpc) is 2.83. The van der Waals surface area contributed by atoms with E-state index in [0.29, 0.717) is 5.69 Å². The predicted octanol–water partition coefficient (Wildman–Crippen LogP) is 4.83. The molecule has 3 rings (SSSR count). The van der Waals surface area contributed by atoms with Crippen LogP contribution in [0.3, 0.4) is 0 Å². The summed E-state index contributed by atoms with van der Waals surface area (Å²) in [5.74, 6) is -1.24. The van der Waals surface area contributed by atoms with E-state index in [2.05, 4.69) is 5.32 Å². The van der Waals surface area contributed by atoms with Crippen LogP contribution in [0.15, 0.2) is 71.6 Å². The van der Waals surface area contributed by atoms with Crippen LogP contribution in [0.1, 0.15) is 28.4 Å². The van der Waals surface area contributed by atoms with Gasteiger partial charge in [-0.3, -0.25) is 9.10 Å². The molecule has 0 saturated carbocycles. The first-order chi connectivity index (χ1) is 16.1. The number of anilines is 2. The minimum absolute atomic E-state index is 0.0740. The van der Waals surface area contributed by atoms with Gasteiger partial charge in [0.2, 0.25) is 5.91 Å². The van der Waals surface area contributed by atoms with Crippen molar-refractivity contribution < 1.29 is 22.7 Å². The number of carbonyl (C=O) groups is 2. The summed E-state index contributed by atoms with van der Waals surface area (Å²) < 4.78 is 32.7. The zero-order valence-corrected chi connectivity index (χ0v) is 20.6. The maximum atomic E-state index is 13.5. The van der Waals surface area contributed by atoms with Crippen molar-refractivity contribution in [2.75, 3.05) is 23.3 Å². The molecule has 3 aromatic rings. The lowest BCUT2D eigenvalue weighted by Gasteiger charge is -2.24. The highest BCUT2D eigenvalue weighted by atomic mass is 35.5. The van der Waals surface area contributed by atoms with Crippen molar-refractivity contribution in [2.45, 2.75) is 25.2 Å². The van der Waals surface area contributed by atoms with Gasteiger partial charge in [-0.15, -0.1) is 0 Å². The topological polar surface area (TPSA) is 92.8 Å². The second-order valence-corrected chi connectivity index (χ2v) is 9.85. The predicted molar refractivity (Wildman–Crippen MR) is 133 cm³/mol. The Balaban J connectivity index is 1.93. The monoisotopic (exact) mass is 500 g/mol. The molecular formula is C25H25ClN2O5S. The molecule has 0 radical (unpaired) electrons. The Hall–Kier alpha value is -3.36. The SMILES string of the molecule is CCc1ccc(N(CC(=O)Nc2ccc(Cl)c(C(=O)OC)c2)S(=O)(=O)c2ccc(C)cc2)cc1. The van der Waals surface area contributed by atoms with Crippen molar-refractivity contribution in [3.05, 3.63) is 88.4 Å². The van der Waals surface area contributed by atoms with E-state index in [4.69, 9.17) is 16.3 Å². The summed E-state index contributed by atoms with van der Waals surface area (Å²) in [6.07, 6.45) is 0.796. The van der Waals surface area contributed by atoms with E-state index in [-0.39, 0.29) is 21.2 Å². The number of nitrogens with one attached hydrogen (secondary N) is 1. The minimum atomic E-state index is -4.03. The molecule has 7 nitrogen and oxygen atoms in total. The number of amides is 1. The lowest BCUT2D eigenvalue weighted by atomic mass is 10.1. The van der Waals surface area contributed by atoms with Crippen molar-refractivity contribution in [1.29, 1.82) is 0 Å². The molecule has 0 aliphatic rings. The van der Waals surface area contributed by atoms with Crippen LogP contribution in [0.4, 0.5) is 11.4 Å². The van der Waals surface area contributed by atoms with Gasteiger partial charge < -0.3 is 10.1 Å². The summed E-state index contributed by atoms with van der Waals surface area (Å²) in [7, 11) is -2.81. The van der Waals surface area contributed by atoms with E-state index in [1.165, 1.54) is 37.4 Å². The molecule has 0 heterocycles.